The zero-order valence-electron chi connectivity index (χ0n) is 15.4. The maximum atomic E-state index is 12.3. The Morgan fingerprint density at radius 2 is 1.63 bits per heavy atom. The molecule has 5 nitrogen and oxygen atoms in total. The summed E-state index contributed by atoms with van der Waals surface area (Å²) in [5.74, 6) is 0.0922. The highest BCUT2D eigenvalue weighted by Gasteiger charge is 2.29. The molecule has 1 aliphatic heterocycles. The van der Waals surface area contributed by atoms with Crippen LogP contribution >= 0.6 is 0 Å². The highest BCUT2D eigenvalue weighted by molar-refractivity contribution is 5.79. The number of nitrogens with zero attached hydrogens (tertiary/aromatic N) is 1. The molecule has 0 unspecified atom stereocenters. The fraction of sp³-hybridized carbons (Fsp3) is 0.409. The molecule has 5 heteroatoms. The minimum atomic E-state index is -0.336. The molecular weight excluding hydrogens is 340 g/mol. The Morgan fingerprint density at radius 3 is 2.22 bits per heavy atom. The van der Waals surface area contributed by atoms with Gasteiger partial charge in [0.25, 0.3) is 0 Å². The molecule has 142 valence electrons. The summed E-state index contributed by atoms with van der Waals surface area (Å²) in [6.07, 6.45) is 1.45. The lowest BCUT2D eigenvalue weighted by molar-refractivity contribution is 0.124. The molecule has 0 atom stereocenters. The Labute approximate surface area is 160 Å². The first-order valence-corrected chi connectivity index (χ1v) is 9.71. The number of fused-ring (bicyclic) bond motifs is 3. The molecule has 0 bridgehead atoms. The zero-order chi connectivity index (χ0) is 18.6. The molecule has 0 saturated carbocycles. The average molecular weight is 366 g/mol. The van der Waals surface area contributed by atoms with Crippen LogP contribution in [0.25, 0.3) is 11.1 Å². The molecule has 2 aromatic rings. The van der Waals surface area contributed by atoms with Gasteiger partial charge in [-0.25, -0.2) is 4.79 Å². The van der Waals surface area contributed by atoms with Gasteiger partial charge < -0.3 is 20.1 Å². The second kappa shape index (κ2) is 8.11. The molecule has 1 amide bonds. The highest BCUT2D eigenvalue weighted by atomic mass is 16.5. The molecule has 0 spiro atoms. The number of likely N-dealkylation sites (tertiary alicyclic amines) is 1. The van der Waals surface area contributed by atoms with Crippen molar-refractivity contribution in [1.29, 1.82) is 0 Å². The lowest BCUT2D eigenvalue weighted by Gasteiger charge is -2.31. The van der Waals surface area contributed by atoms with Gasteiger partial charge >= 0.3 is 6.09 Å². The van der Waals surface area contributed by atoms with Crippen LogP contribution in [0.4, 0.5) is 4.79 Å². The van der Waals surface area contributed by atoms with Crippen molar-refractivity contribution in [3.05, 3.63) is 59.7 Å². The molecule has 2 N–H and O–H groups in total. The number of aliphatic hydroxyl groups excluding tert-OH is 1. The summed E-state index contributed by atoms with van der Waals surface area (Å²) in [5, 5.41) is 12.0. The minimum Gasteiger partial charge on any atom is -0.449 e. The second-order valence-corrected chi connectivity index (χ2v) is 7.31. The van der Waals surface area contributed by atoms with E-state index in [0.717, 1.165) is 25.9 Å². The SMILES string of the molecule is O=C(NC1CCN(CCO)CC1)OCC1c2ccccc2-c2ccccc21. The molecule has 2 aliphatic rings. The van der Waals surface area contributed by atoms with E-state index in [2.05, 4.69) is 46.6 Å². The second-order valence-electron chi connectivity index (χ2n) is 7.31. The van der Waals surface area contributed by atoms with Gasteiger partial charge in [0.1, 0.15) is 6.61 Å². The summed E-state index contributed by atoms with van der Waals surface area (Å²) in [5.41, 5.74) is 4.92. The van der Waals surface area contributed by atoms with Crippen LogP contribution in [-0.2, 0) is 4.74 Å². The fourth-order valence-electron chi connectivity index (χ4n) is 4.25. The van der Waals surface area contributed by atoms with E-state index in [-0.39, 0.29) is 24.7 Å². The Morgan fingerprint density at radius 1 is 1.04 bits per heavy atom. The Bertz CT molecular complexity index is 754. The van der Waals surface area contributed by atoms with Crippen molar-refractivity contribution in [2.75, 3.05) is 32.8 Å². The van der Waals surface area contributed by atoms with Crippen molar-refractivity contribution in [2.24, 2.45) is 0 Å². The van der Waals surface area contributed by atoms with E-state index in [0.29, 0.717) is 13.2 Å². The monoisotopic (exact) mass is 366 g/mol. The van der Waals surface area contributed by atoms with Gasteiger partial charge in [-0.15, -0.1) is 0 Å². The third-order valence-electron chi connectivity index (χ3n) is 5.67. The van der Waals surface area contributed by atoms with Gasteiger partial charge in [-0.05, 0) is 35.1 Å². The first-order chi connectivity index (χ1) is 13.3. The van der Waals surface area contributed by atoms with Gasteiger partial charge in [-0.1, -0.05) is 48.5 Å². The van der Waals surface area contributed by atoms with Crippen molar-refractivity contribution in [3.8, 4) is 11.1 Å². The van der Waals surface area contributed by atoms with Gasteiger partial charge in [0, 0.05) is 31.6 Å². The van der Waals surface area contributed by atoms with Crippen molar-refractivity contribution >= 4 is 6.09 Å². The standard InChI is InChI=1S/C22H26N2O3/c25-14-13-24-11-9-16(10-12-24)23-22(26)27-15-21-19-7-3-1-5-17(19)18-6-2-4-8-20(18)21/h1-8,16,21,25H,9-15H2,(H,23,26). The number of rotatable bonds is 5. The van der Waals surface area contributed by atoms with Gasteiger partial charge in [0.2, 0.25) is 0 Å². The molecule has 0 aromatic heterocycles. The van der Waals surface area contributed by atoms with E-state index in [4.69, 9.17) is 9.84 Å². The third kappa shape index (κ3) is 3.84. The summed E-state index contributed by atoms with van der Waals surface area (Å²) in [6.45, 7) is 3.04. The number of hydrogen-bond acceptors (Lipinski definition) is 4. The predicted octanol–water partition coefficient (Wildman–Crippen LogP) is 2.98. The highest BCUT2D eigenvalue weighted by Crippen LogP contribution is 2.44. The molecule has 1 fully saturated rings. The van der Waals surface area contributed by atoms with E-state index in [1.807, 2.05) is 12.1 Å². The number of hydrogen-bond donors (Lipinski definition) is 2. The zero-order valence-corrected chi connectivity index (χ0v) is 15.4. The quantitative estimate of drug-likeness (QED) is 0.854. The molecule has 1 heterocycles. The Kier molecular flexibility index (Phi) is 5.41. The third-order valence-corrected chi connectivity index (χ3v) is 5.67. The molecule has 4 rings (SSSR count). The van der Waals surface area contributed by atoms with Gasteiger partial charge in [0.05, 0.1) is 6.61 Å². The van der Waals surface area contributed by atoms with E-state index >= 15 is 0 Å². The lowest BCUT2D eigenvalue weighted by Crippen LogP contribution is -2.45. The minimum absolute atomic E-state index is 0.0922. The van der Waals surface area contributed by atoms with Crippen LogP contribution in [0.1, 0.15) is 29.9 Å². The lowest BCUT2D eigenvalue weighted by atomic mass is 9.98. The van der Waals surface area contributed by atoms with E-state index in [1.54, 1.807) is 0 Å². The first-order valence-electron chi connectivity index (χ1n) is 9.71. The van der Waals surface area contributed by atoms with Crippen LogP contribution in [0.3, 0.4) is 0 Å². The first kappa shape index (κ1) is 18.0. The van der Waals surface area contributed by atoms with E-state index in [1.165, 1.54) is 22.3 Å². The van der Waals surface area contributed by atoms with Gasteiger partial charge in [0.15, 0.2) is 0 Å². The number of β-amino-alcohol motifs (C(OH)–C–C–N with tert-alkyl or cyclic N) is 1. The number of alkyl carbamates (subject to hydrolysis) is 1. The van der Waals surface area contributed by atoms with Crippen LogP contribution in [-0.4, -0.2) is 55.0 Å². The molecule has 1 saturated heterocycles. The van der Waals surface area contributed by atoms with E-state index in [9.17, 15) is 4.79 Å². The number of piperidine rings is 1. The van der Waals surface area contributed by atoms with Crippen LogP contribution in [0.2, 0.25) is 0 Å². The molecule has 27 heavy (non-hydrogen) atoms. The number of amides is 1. The molecular formula is C22H26N2O3. The maximum Gasteiger partial charge on any atom is 0.407 e. The topological polar surface area (TPSA) is 61.8 Å². The summed E-state index contributed by atoms with van der Waals surface area (Å²) < 4.78 is 5.61. The average Bonchev–Trinajstić information content (AvgIpc) is 3.02. The summed E-state index contributed by atoms with van der Waals surface area (Å²) in [6, 6.07) is 16.8. The normalized spacial score (nSPS) is 17.4. The summed E-state index contributed by atoms with van der Waals surface area (Å²) in [7, 11) is 0. The van der Waals surface area contributed by atoms with Crippen LogP contribution in [0, 0.1) is 0 Å². The van der Waals surface area contributed by atoms with Crippen molar-refractivity contribution in [3.63, 3.8) is 0 Å². The molecule has 2 aromatic carbocycles. The molecule has 0 radical (unpaired) electrons. The van der Waals surface area contributed by atoms with Crippen LogP contribution < -0.4 is 5.32 Å². The van der Waals surface area contributed by atoms with Crippen LogP contribution in [0.15, 0.2) is 48.5 Å². The number of aliphatic hydroxyl groups is 1. The number of nitrogens with one attached hydrogen (secondary N) is 1. The van der Waals surface area contributed by atoms with Crippen LogP contribution in [0.5, 0.6) is 0 Å². The number of carbonyl (C=O) groups is 1. The smallest absolute Gasteiger partial charge is 0.407 e. The maximum absolute atomic E-state index is 12.3. The largest absolute Gasteiger partial charge is 0.449 e. The summed E-state index contributed by atoms with van der Waals surface area (Å²) >= 11 is 0. The van der Waals surface area contributed by atoms with E-state index < -0.39 is 0 Å². The number of ether oxygens (including phenoxy) is 1. The van der Waals surface area contributed by atoms with Gasteiger partial charge in [-0.3, -0.25) is 0 Å². The number of carbonyl (C=O) groups excluding carboxylic acids is 1. The fourth-order valence-corrected chi connectivity index (χ4v) is 4.25. The Balaban J connectivity index is 1.35. The number of benzene rings is 2. The van der Waals surface area contributed by atoms with Gasteiger partial charge in [-0.2, -0.15) is 0 Å². The molecule has 1 aliphatic carbocycles. The summed E-state index contributed by atoms with van der Waals surface area (Å²) in [4.78, 5) is 14.5. The van der Waals surface area contributed by atoms with Crippen molar-refractivity contribution < 1.29 is 14.6 Å². The van der Waals surface area contributed by atoms with Crippen molar-refractivity contribution in [2.45, 2.75) is 24.8 Å². The van der Waals surface area contributed by atoms with Crippen molar-refractivity contribution in [1.82, 2.24) is 10.2 Å². The Hall–Kier alpha value is -2.37. The predicted molar refractivity (Wildman–Crippen MR) is 105 cm³/mol.